The largest absolute Gasteiger partial charge is 0.444 e. The number of piperidine rings is 1. The van der Waals surface area contributed by atoms with Gasteiger partial charge >= 0.3 is 6.09 Å². The second-order valence-corrected chi connectivity index (χ2v) is 6.58. The van der Waals surface area contributed by atoms with Crippen LogP contribution in [0, 0.1) is 24.2 Å². The first kappa shape index (κ1) is 15.9. The lowest BCUT2D eigenvalue weighted by atomic mass is 9.90. The molecule has 0 bridgehead atoms. The number of carbonyl (C=O) groups excluding carboxylic acids is 1. The van der Waals surface area contributed by atoms with E-state index >= 15 is 0 Å². The van der Waals surface area contributed by atoms with Crippen molar-refractivity contribution in [3.05, 3.63) is 0 Å². The summed E-state index contributed by atoms with van der Waals surface area (Å²) in [5.74, 6) is 3.66. The molecule has 0 radical (unpaired) electrons. The van der Waals surface area contributed by atoms with Crippen molar-refractivity contribution in [2.75, 3.05) is 13.1 Å². The molecular weight excluding hydrogens is 238 g/mol. The number of nitrogens with zero attached hydrogens (tertiary/aromatic N) is 1. The Morgan fingerprint density at radius 3 is 2.79 bits per heavy atom. The molecule has 0 aromatic carbocycles. The topological polar surface area (TPSA) is 29.5 Å². The highest BCUT2D eigenvalue weighted by atomic mass is 16.6. The zero-order valence-corrected chi connectivity index (χ0v) is 12.7. The van der Waals surface area contributed by atoms with Crippen LogP contribution in [0.15, 0.2) is 0 Å². The summed E-state index contributed by atoms with van der Waals surface area (Å²) in [7, 11) is 0. The van der Waals surface area contributed by atoms with Crippen molar-refractivity contribution in [2.45, 2.75) is 59.0 Å². The summed E-state index contributed by atoms with van der Waals surface area (Å²) in [6, 6.07) is 0. The molecule has 3 nitrogen and oxygen atoms in total. The van der Waals surface area contributed by atoms with Gasteiger partial charge in [-0.25, -0.2) is 4.79 Å². The van der Waals surface area contributed by atoms with Crippen molar-refractivity contribution in [3.8, 4) is 12.3 Å². The van der Waals surface area contributed by atoms with Crippen LogP contribution in [-0.2, 0) is 4.74 Å². The van der Waals surface area contributed by atoms with Gasteiger partial charge in [0.25, 0.3) is 0 Å². The lowest BCUT2D eigenvalue weighted by Gasteiger charge is -2.34. The fraction of sp³-hybridized carbons (Fsp3) is 0.812. The molecule has 0 spiro atoms. The molecule has 0 aliphatic carbocycles. The maximum atomic E-state index is 12.0. The molecule has 1 aliphatic heterocycles. The van der Waals surface area contributed by atoms with Crippen LogP contribution in [0.3, 0.4) is 0 Å². The lowest BCUT2D eigenvalue weighted by Crippen LogP contribution is -2.42. The normalized spacial score (nSPS) is 21.6. The van der Waals surface area contributed by atoms with E-state index in [1.54, 1.807) is 0 Å². The third-order valence-electron chi connectivity index (χ3n) is 3.46. The molecule has 19 heavy (non-hydrogen) atoms. The molecule has 1 aliphatic rings. The summed E-state index contributed by atoms with van der Waals surface area (Å²) in [5, 5.41) is 0. The molecule has 0 saturated carbocycles. The Hall–Kier alpha value is -1.17. The maximum absolute atomic E-state index is 12.0. The highest BCUT2D eigenvalue weighted by Gasteiger charge is 2.27. The van der Waals surface area contributed by atoms with Crippen molar-refractivity contribution in [1.82, 2.24) is 4.90 Å². The SMILES string of the molecule is C#CC(C)CCC1CCCN(C(=O)OC(C)(C)C)C1. The second-order valence-electron chi connectivity index (χ2n) is 6.58. The van der Waals surface area contributed by atoms with Crippen LogP contribution in [0.1, 0.15) is 53.4 Å². The second kappa shape index (κ2) is 6.84. The fourth-order valence-corrected chi connectivity index (χ4v) is 2.36. The van der Waals surface area contributed by atoms with E-state index in [2.05, 4.69) is 12.8 Å². The first-order valence-corrected chi connectivity index (χ1v) is 7.26. The standard InChI is InChI=1S/C16H27NO2/c1-6-13(2)9-10-14-8-7-11-17(12-14)15(18)19-16(3,4)5/h1,13-14H,7-12H2,2-5H3. The van der Waals surface area contributed by atoms with Crippen LogP contribution in [0.25, 0.3) is 0 Å². The number of likely N-dealkylation sites (tertiary alicyclic amines) is 1. The summed E-state index contributed by atoms with van der Waals surface area (Å²) < 4.78 is 5.43. The van der Waals surface area contributed by atoms with Crippen LogP contribution >= 0.6 is 0 Å². The van der Waals surface area contributed by atoms with Crippen molar-refractivity contribution < 1.29 is 9.53 Å². The minimum Gasteiger partial charge on any atom is -0.444 e. The monoisotopic (exact) mass is 265 g/mol. The van der Waals surface area contributed by atoms with E-state index in [9.17, 15) is 4.79 Å². The zero-order valence-electron chi connectivity index (χ0n) is 12.7. The highest BCUT2D eigenvalue weighted by molar-refractivity contribution is 5.68. The van der Waals surface area contributed by atoms with Crippen molar-refractivity contribution in [3.63, 3.8) is 0 Å². The van der Waals surface area contributed by atoms with Gasteiger partial charge in [-0.2, -0.15) is 0 Å². The summed E-state index contributed by atoms with van der Waals surface area (Å²) in [4.78, 5) is 13.9. The number of terminal acetylenes is 1. The van der Waals surface area contributed by atoms with E-state index in [0.717, 1.165) is 32.4 Å². The first-order chi connectivity index (χ1) is 8.81. The third-order valence-corrected chi connectivity index (χ3v) is 3.46. The summed E-state index contributed by atoms with van der Waals surface area (Å²) in [6.07, 6.45) is 9.62. The van der Waals surface area contributed by atoms with Crippen molar-refractivity contribution >= 4 is 6.09 Å². The van der Waals surface area contributed by atoms with E-state index in [0.29, 0.717) is 11.8 Å². The smallest absolute Gasteiger partial charge is 0.410 e. The molecule has 2 atom stereocenters. The minimum atomic E-state index is -0.415. The fourth-order valence-electron chi connectivity index (χ4n) is 2.36. The third kappa shape index (κ3) is 6.00. The van der Waals surface area contributed by atoms with Crippen LogP contribution in [0.5, 0.6) is 0 Å². The average molecular weight is 265 g/mol. The van der Waals surface area contributed by atoms with Crippen LogP contribution in [-0.4, -0.2) is 29.7 Å². The Kier molecular flexibility index (Phi) is 5.72. The number of hydrogen-bond acceptors (Lipinski definition) is 2. The molecule has 1 rings (SSSR count). The average Bonchev–Trinajstić information content (AvgIpc) is 2.34. The van der Waals surface area contributed by atoms with E-state index in [4.69, 9.17) is 11.2 Å². The van der Waals surface area contributed by atoms with Gasteiger partial charge in [0.05, 0.1) is 0 Å². The van der Waals surface area contributed by atoms with Crippen LogP contribution in [0.2, 0.25) is 0 Å². The van der Waals surface area contributed by atoms with Crippen LogP contribution < -0.4 is 0 Å². The Bertz CT molecular complexity index is 338. The van der Waals surface area contributed by atoms with Crippen LogP contribution in [0.4, 0.5) is 4.79 Å². The molecule has 1 saturated heterocycles. The van der Waals surface area contributed by atoms with Gasteiger partial charge < -0.3 is 9.64 Å². The molecule has 3 heteroatoms. The Labute approximate surface area is 117 Å². The summed E-state index contributed by atoms with van der Waals surface area (Å²) in [6.45, 7) is 9.42. The number of carbonyl (C=O) groups is 1. The Balaban J connectivity index is 2.42. The van der Waals surface area contributed by atoms with E-state index < -0.39 is 5.60 Å². The van der Waals surface area contributed by atoms with Gasteiger partial charge in [-0.15, -0.1) is 12.3 Å². The van der Waals surface area contributed by atoms with E-state index in [-0.39, 0.29) is 6.09 Å². The lowest BCUT2D eigenvalue weighted by molar-refractivity contribution is 0.0160. The van der Waals surface area contributed by atoms with E-state index in [1.807, 2.05) is 25.7 Å². The van der Waals surface area contributed by atoms with E-state index in [1.165, 1.54) is 6.42 Å². The van der Waals surface area contributed by atoms with Gasteiger partial charge in [0.15, 0.2) is 0 Å². The molecule has 108 valence electrons. The van der Waals surface area contributed by atoms with Crippen molar-refractivity contribution in [1.29, 1.82) is 0 Å². The molecule has 0 aromatic rings. The molecule has 1 amide bonds. The van der Waals surface area contributed by atoms with Gasteiger partial charge in [0.1, 0.15) is 5.60 Å². The minimum absolute atomic E-state index is 0.179. The Morgan fingerprint density at radius 2 is 2.21 bits per heavy atom. The molecule has 2 unspecified atom stereocenters. The maximum Gasteiger partial charge on any atom is 0.410 e. The summed E-state index contributed by atoms with van der Waals surface area (Å²) in [5.41, 5.74) is -0.415. The predicted molar refractivity (Wildman–Crippen MR) is 77.8 cm³/mol. The number of amides is 1. The molecular formula is C16H27NO2. The van der Waals surface area contributed by atoms with Gasteiger partial charge in [0, 0.05) is 19.0 Å². The first-order valence-electron chi connectivity index (χ1n) is 7.26. The van der Waals surface area contributed by atoms with Gasteiger partial charge in [-0.1, -0.05) is 6.92 Å². The highest BCUT2D eigenvalue weighted by Crippen LogP contribution is 2.24. The molecule has 0 aromatic heterocycles. The predicted octanol–water partition coefficient (Wildman–Crippen LogP) is 3.68. The molecule has 1 heterocycles. The van der Waals surface area contributed by atoms with Crippen molar-refractivity contribution in [2.24, 2.45) is 11.8 Å². The number of ether oxygens (including phenoxy) is 1. The van der Waals surface area contributed by atoms with Gasteiger partial charge in [0.2, 0.25) is 0 Å². The quantitative estimate of drug-likeness (QED) is 0.728. The molecule has 1 fully saturated rings. The van der Waals surface area contributed by atoms with Gasteiger partial charge in [-0.05, 0) is 52.4 Å². The Morgan fingerprint density at radius 1 is 1.53 bits per heavy atom. The molecule has 0 N–H and O–H groups in total. The number of hydrogen-bond donors (Lipinski definition) is 0. The zero-order chi connectivity index (χ0) is 14.5. The summed E-state index contributed by atoms with van der Waals surface area (Å²) >= 11 is 0. The van der Waals surface area contributed by atoms with Gasteiger partial charge in [-0.3, -0.25) is 0 Å². The number of rotatable bonds is 3.